The summed E-state index contributed by atoms with van der Waals surface area (Å²) in [6.45, 7) is 11.0. The van der Waals surface area contributed by atoms with Gasteiger partial charge in [-0.15, -0.1) is 6.58 Å². The Hall–Kier alpha value is -2.08. The molecular weight excluding hydrogens is 308 g/mol. The minimum Gasteiger partial charge on any atom is -0.396 e. The molecule has 0 spiro atoms. The van der Waals surface area contributed by atoms with Crippen molar-refractivity contribution in [1.29, 1.82) is 0 Å². The van der Waals surface area contributed by atoms with E-state index in [0.29, 0.717) is 13.0 Å². The van der Waals surface area contributed by atoms with E-state index >= 15 is 0 Å². The molecule has 0 amide bonds. The van der Waals surface area contributed by atoms with E-state index in [9.17, 15) is 0 Å². The molecule has 124 valence electrons. The summed E-state index contributed by atoms with van der Waals surface area (Å²) >= 11 is 0. The monoisotopic (exact) mass is 334 g/mol. The van der Waals surface area contributed by atoms with Gasteiger partial charge < -0.3 is 4.43 Å². The molecule has 2 aromatic carbocycles. The lowest BCUT2D eigenvalue weighted by Gasteiger charge is -2.42. The van der Waals surface area contributed by atoms with Crippen LogP contribution in [0.25, 0.3) is 0 Å². The predicted octanol–water partition coefficient (Wildman–Crippen LogP) is 4.14. The maximum absolute atomic E-state index is 6.64. The molecule has 0 saturated carbocycles. The van der Waals surface area contributed by atoms with Gasteiger partial charge in [-0.05, 0) is 15.4 Å². The van der Waals surface area contributed by atoms with Crippen LogP contribution in [-0.2, 0) is 4.43 Å². The van der Waals surface area contributed by atoms with Gasteiger partial charge >= 0.3 is 0 Å². The molecule has 0 bridgehead atoms. The second-order valence-corrected chi connectivity index (χ2v) is 11.1. The average Bonchev–Trinajstić information content (AvgIpc) is 2.59. The first-order valence-electron chi connectivity index (χ1n) is 8.34. The summed E-state index contributed by atoms with van der Waals surface area (Å²) in [5.74, 6) is 6.24. The van der Waals surface area contributed by atoms with Gasteiger partial charge in [-0.3, -0.25) is 0 Å². The minimum atomic E-state index is -2.44. The van der Waals surface area contributed by atoms with Crippen molar-refractivity contribution in [2.75, 3.05) is 6.61 Å². The van der Waals surface area contributed by atoms with Gasteiger partial charge in [0.05, 0.1) is 6.61 Å². The fourth-order valence-electron chi connectivity index (χ4n) is 3.10. The zero-order valence-electron chi connectivity index (χ0n) is 14.9. The number of hydrogen-bond donors (Lipinski definition) is 0. The molecule has 0 unspecified atom stereocenters. The normalized spacial score (nSPS) is 11.5. The molecule has 2 heteroatoms. The highest BCUT2D eigenvalue weighted by Crippen LogP contribution is 2.36. The van der Waals surface area contributed by atoms with Gasteiger partial charge in [-0.25, -0.2) is 0 Å². The molecule has 24 heavy (non-hydrogen) atoms. The van der Waals surface area contributed by atoms with Gasteiger partial charge in [0.25, 0.3) is 8.32 Å². The molecule has 0 fully saturated rings. The van der Waals surface area contributed by atoms with Crippen LogP contribution < -0.4 is 10.4 Å². The number of allylic oxidation sites excluding steroid dienone is 1. The summed E-state index contributed by atoms with van der Waals surface area (Å²) in [4.78, 5) is 0. The van der Waals surface area contributed by atoms with Crippen molar-refractivity contribution < 1.29 is 4.43 Å². The van der Waals surface area contributed by atoms with Crippen LogP contribution >= 0.6 is 0 Å². The van der Waals surface area contributed by atoms with Crippen molar-refractivity contribution in [2.45, 2.75) is 32.2 Å². The summed E-state index contributed by atoms with van der Waals surface area (Å²) in [6.07, 6.45) is 2.51. The quantitative estimate of drug-likeness (QED) is 0.453. The molecule has 1 nitrogen and oxygen atoms in total. The van der Waals surface area contributed by atoms with E-state index < -0.39 is 8.32 Å². The van der Waals surface area contributed by atoms with E-state index in [1.807, 2.05) is 6.08 Å². The standard InChI is InChI=1S/C22H26OSi/c1-5-6-7-14-19-23-24(22(2,3)4,20-15-10-8-11-16-20)21-17-12-9-13-18-21/h5,8-13,15-18H,1,6,19H2,2-4H3. The Morgan fingerprint density at radius 1 is 0.917 bits per heavy atom. The topological polar surface area (TPSA) is 9.23 Å². The second-order valence-electron chi connectivity index (χ2n) is 6.80. The smallest absolute Gasteiger partial charge is 0.262 e. The molecule has 0 aliphatic heterocycles. The molecule has 0 atom stereocenters. The highest BCUT2D eigenvalue weighted by molar-refractivity contribution is 6.99. The van der Waals surface area contributed by atoms with Crippen LogP contribution in [0.2, 0.25) is 5.04 Å². The first-order chi connectivity index (χ1) is 11.5. The van der Waals surface area contributed by atoms with Crippen molar-refractivity contribution in [1.82, 2.24) is 0 Å². The lowest BCUT2D eigenvalue weighted by molar-refractivity contribution is 0.346. The van der Waals surface area contributed by atoms with Crippen molar-refractivity contribution in [3.63, 3.8) is 0 Å². The number of rotatable bonds is 5. The molecular formula is C22H26OSi. The molecule has 0 aromatic heterocycles. The third kappa shape index (κ3) is 3.87. The van der Waals surface area contributed by atoms with Crippen LogP contribution in [0, 0.1) is 11.8 Å². The van der Waals surface area contributed by atoms with Crippen LogP contribution in [0.1, 0.15) is 27.2 Å². The van der Waals surface area contributed by atoms with Gasteiger partial charge in [0.15, 0.2) is 0 Å². The second kappa shape index (κ2) is 8.15. The Labute approximate surface area is 147 Å². The highest BCUT2D eigenvalue weighted by atomic mass is 28.4. The summed E-state index contributed by atoms with van der Waals surface area (Å²) in [6, 6.07) is 21.3. The average molecular weight is 335 g/mol. The van der Waals surface area contributed by atoms with E-state index in [2.05, 4.69) is 99.9 Å². The van der Waals surface area contributed by atoms with Crippen molar-refractivity contribution in [2.24, 2.45) is 0 Å². The fourth-order valence-corrected chi connectivity index (χ4v) is 7.55. The summed E-state index contributed by atoms with van der Waals surface area (Å²) < 4.78 is 6.64. The SMILES string of the molecule is C=CCC#CCO[Si](c1ccccc1)(c1ccccc1)C(C)(C)C. The molecule has 0 heterocycles. The molecule has 0 aliphatic rings. The lowest BCUT2D eigenvalue weighted by atomic mass is 10.2. The zero-order valence-corrected chi connectivity index (χ0v) is 15.9. The van der Waals surface area contributed by atoms with Gasteiger partial charge in [0, 0.05) is 6.42 Å². The molecule has 0 saturated heterocycles. The van der Waals surface area contributed by atoms with E-state index in [-0.39, 0.29) is 5.04 Å². The van der Waals surface area contributed by atoms with Crippen molar-refractivity contribution in [3.05, 3.63) is 73.3 Å². The maximum Gasteiger partial charge on any atom is 0.262 e. The van der Waals surface area contributed by atoms with Gasteiger partial charge in [-0.1, -0.05) is 99.4 Å². The number of benzene rings is 2. The Morgan fingerprint density at radius 3 is 1.83 bits per heavy atom. The van der Waals surface area contributed by atoms with Gasteiger partial charge in [0.1, 0.15) is 0 Å². The molecule has 2 rings (SSSR count). The number of hydrogen-bond acceptors (Lipinski definition) is 1. The maximum atomic E-state index is 6.64. The van der Waals surface area contributed by atoms with Crippen LogP contribution in [0.3, 0.4) is 0 Å². The van der Waals surface area contributed by atoms with Crippen molar-refractivity contribution in [3.8, 4) is 11.8 Å². The largest absolute Gasteiger partial charge is 0.396 e. The Balaban J connectivity index is 2.54. The highest BCUT2D eigenvalue weighted by Gasteiger charge is 2.49. The van der Waals surface area contributed by atoms with Crippen LogP contribution in [0.15, 0.2) is 73.3 Å². The van der Waals surface area contributed by atoms with Gasteiger partial charge in [-0.2, -0.15) is 0 Å². The van der Waals surface area contributed by atoms with Crippen LogP contribution in [-0.4, -0.2) is 14.9 Å². The summed E-state index contributed by atoms with van der Waals surface area (Å²) in [5.41, 5.74) is 0. The lowest BCUT2D eigenvalue weighted by Crippen LogP contribution is -2.66. The molecule has 0 N–H and O–H groups in total. The Bertz CT molecular complexity index is 663. The third-order valence-electron chi connectivity index (χ3n) is 4.15. The molecule has 0 aliphatic carbocycles. The first kappa shape index (κ1) is 18.3. The Kier molecular flexibility index (Phi) is 6.20. The predicted molar refractivity (Wildman–Crippen MR) is 106 cm³/mol. The summed E-state index contributed by atoms with van der Waals surface area (Å²) in [7, 11) is -2.44. The zero-order chi connectivity index (χ0) is 17.5. The van der Waals surface area contributed by atoms with E-state index in [1.165, 1.54) is 10.4 Å². The van der Waals surface area contributed by atoms with Gasteiger partial charge in [0.2, 0.25) is 0 Å². The van der Waals surface area contributed by atoms with Crippen molar-refractivity contribution >= 4 is 18.7 Å². The minimum absolute atomic E-state index is 0.00414. The summed E-state index contributed by atoms with van der Waals surface area (Å²) in [5, 5.41) is 2.57. The molecule has 0 radical (unpaired) electrons. The first-order valence-corrected chi connectivity index (χ1v) is 10.2. The third-order valence-corrected chi connectivity index (χ3v) is 9.13. The molecule has 2 aromatic rings. The van der Waals surface area contributed by atoms with E-state index in [4.69, 9.17) is 4.43 Å². The Morgan fingerprint density at radius 2 is 1.42 bits per heavy atom. The fraction of sp³-hybridized carbons (Fsp3) is 0.273. The van der Waals surface area contributed by atoms with Crippen LogP contribution in [0.4, 0.5) is 0 Å². The van der Waals surface area contributed by atoms with Crippen LogP contribution in [0.5, 0.6) is 0 Å². The van der Waals surface area contributed by atoms with E-state index in [1.54, 1.807) is 0 Å². The van der Waals surface area contributed by atoms with E-state index in [0.717, 1.165) is 0 Å².